The summed E-state index contributed by atoms with van der Waals surface area (Å²) in [6.45, 7) is 9.68. The molecule has 5 nitrogen and oxygen atoms in total. The molecule has 1 fully saturated rings. The van der Waals surface area contributed by atoms with Crippen molar-refractivity contribution in [3.05, 3.63) is 35.4 Å². The standard InChI is InChI=1S/C18H30N4O.HI/c1-3-22(4-2)14-16-9-6-5-8-15(16)12-20-18(19)21-13-17-10-7-11-23-17;/h5-6,8-9,17H,3-4,7,10-14H2,1-2H3,(H3,19,20,21);1H. The van der Waals surface area contributed by atoms with Gasteiger partial charge in [0.2, 0.25) is 0 Å². The third-order valence-electron chi connectivity index (χ3n) is 4.36. The Bertz CT molecular complexity index is 500. The van der Waals surface area contributed by atoms with Crippen molar-refractivity contribution in [2.24, 2.45) is 10.7 Å². The van der Waals surface area contributed by atoms with Crippen molar-refractivity contribution < 1.29 is 4.74 Å². The zero-order valence-electron chi connectivity index (χ0n) is 14.8. The van der Waals surface area contributed by atoms with Crippen molar-refractivity contribution in [2.45, 2.75) is 45.9 Å². The molecule has 6 heteroatoms. The molecule has 1 aliphatic heterocycles. The summed E-state index contributed by atoms with van der Waals surface area (Å²) in [5.41, 5.74) is 8.54. The highest BCUT2D eigenvalue weighted by molar-refractivity contribution is 14.0. The maximum absolute atomic E-state index is 5.98. The van der Waals surface area contributed by atoms with Crippen LogP contribution in [0.15, 0.2) is 29.3 Å². The van der Waals surface area contributed by atoms with E-state index in [9.17, 15) is 0 Å². The number of aliphatic imine (C=N–C) groups is 1. The largest absolute Gasteiger partial charge is 0.376 e. The lowest BCUT2D eigenvalue weighted by Gasteiger charge is -2.19. The highest BCUT2D eigenvalue weighted by atomic mass is 127. The Hall–Kier alpha value is -0.860. The number of guanidine groups is 1. The van der Waals surface area contributed by atoms with Crippen LogP contribution in [0.3, 0.4) is 0 Å². The molecule has 1 atom stereocenters. The van der Waals surface area contributed by atoms with Crippen molar-refractivity contribution in [1.82, 2.24) is 10.2 Å². The SMILES string of the molecule is CCN(CC)Cc1ccccc1CN=C(N)NCC1CCCO1.I. The molecule has 3 N–H and O–H groups in total. The first-order valence-electron chi connectivity index (χ1n) is 8.67. The molecule has 0 aliphatic carbocycles. The molecule has 1 aromatic carbocycles. The van der Waals surface area contributed by atoms with E-state index in [2.05, 4.69) is 53.3 Å². The number of halogens is 1. The highest BCUT2D eigenvalue weighted by Crippen LogP contribution is 2.13. The normalized spacial score (nSPS) is 17.8. The average molecular weight is 446 g/mol. The second-order valence-electron chi connectivity index (χ2n) is 5.95. The van der Waals surface area contributed by atoms with Crippen molar-refractivity contribution in [3.63, 3.8) is 0 Å². The average Bonchev–Trinajstić information content (AvgIpc) is 3.10. The summed E-state index contributed by atoms with van der Waals surface area (Å²) in [5.74, 6) is 0.498. The number of hydrogen-bond acceptors (Lipinski definition) is 3. The Kier molecular flexibility index (Phi) is 10.3. The lowest BCUT2D eigenvalue weighted by molar-refractivity contribution is 0.114. The first-order chi connectivity index (χ1) is 11.2. The lowest BCUT2D eigenvalue weighted by Crippen LogP contribution is -2.37. The van der Waals surface area contributed by atoms with Crippen LogP contribution < -0.4 is 11.1 Å². The predicted molar refractivity (Wildman–Crippen MR) is 111 cm³/mol. The van der Waals surface area contributed by atoms with Crippen LogP contribution in [0, 0.1) is 0 Å². The summed E-state index contributed by atoms with van der Waals surface area (Å²) >= 11 is 0. The van der Waals surface area contributed by atoms with Crippen LogP contribution in [0.4, 0.5) is 0 Å². The predicted octanol–water partition coefficient (Wildman–Crippen LogP) is 2.73. The van der Waals surface area contributed by atoms with Gasteiger partial charge >= 0.3 is 0 Å². The van der Waals surface area contributed by atoms with Gasteiger partial charge in [-0.1, -0.05) is 38.1 Å². The van der Waals surface area contributed by atoms with Gasteiger partial charge in [0.05, 0.1) is 12.6 Å². The van der Waals surface area contributed by atoms with E-state index in [1.165, 1.54) is 11.1 Å². The number of nitrogens with two attached hydrogens (primary N) is 1. The molecule has 1 unspecified atom stereocenters. The molecule has 1 aromatic rings. The quantitative estimate of drug-likeness (QED) is 0.366. The van der Waals surface area contributed by atoms with E-state index in [4.69, 9.17) is 10.5 Å². The molecule has 0 aromatic heterocycles. The molecule has 1 saturated heterocycles. The van der Waals surface area contributed by atoms with Crippen molar-refractivity contribution >= 4 is 29.9 Å². The van der Waals surface area contributed by atoms with Gasteiger partial charge in [-0.25, -0.2) is 4.99 Å². The van der Waals surface area contributed by atoms with E-state index >= 15 is 0 Å². The number of hydrogen-bond donors (Lipinski definition) is 2. The Morgan fingerprint density at radius 2 is 2.00 bits per heavy atom. The summed E-state index contributed by atoms with van der Waals surface area (Å²) in [7, 11) is 0. The van der Waals surface area contributed by atoms with Gasteiger partial charge in [-0.3, -0.25) is 4.90 Å². The van der Waals surface area contributed by atoms with Crippen molar-refractivity contribution in [3.8, 4) is 0 Å². The number of rotatable bonds is 8. The fourth-order valence-electron chi connectivity index (χ4n) is 2.80. The van der Waals surface area contributed by atoms with Crippen LogP contribution in [-0.2, 0) is 17.8 Å². The number of ether oxygens (including phenoxy) is 1. The Balaban J connectivity index is 0.00000288. The monoisotopic (exact) mass is 446 g/mol. The topological polar surface area (TPSA) is 62.9 Å². The van der Waals surface area contributed by atoms with Gasteiger partial charge in [0, 0.05) is 19.7 Å². The molecule has 1 heterocycles. The summed E-state index contributed by atoms with van der Waals surface area (Å²) in [4.78, 5) is 6.89. The smallest absolute Gasteiger partial charge is 0.189 e. The van der Waals surface area contributed by atoms with Crippen LogP contribution in [0.5, 0.6) is 0 Å². The van der Waals surface area contributed by atoms with E-state index < -0.39 is 0 Å². The van der Waals surface area contributed by atoms with Crippen LogP contribution >= 0.6 is 24.0 Å². The van der Waals surface area contributed by atoms with Crippen molar-refractivity contribution in [2.75, 3.05) is 26.2 Å². The summed E-state index contributed by atoms with van der Waals surface area (Å²) in [5, 5.41) is 3.17. The summed E-state index contributed by atoms with van der Waals surface area (Å²) in [6.07, 6.45) is 2.52. The molecule has 0 amide bonds. The van der Waals surface area contributed by atoms with E-state index in [1.807, 2.05) is 0 Å². The minimum Gasteiger partial charge on any atom is -0.376 e. The van der Waals surface area contributed by atoms with E-state index in [0.29, 0.717) is 12.5 Å². The van der Waals surface area contributed by atoms with E-state index in [-0.39, 0.29) is 30.1 Å². The Morgan fingerprint density at radius 3 is 2.62 bits per heavy atom. The lowest BCUT2D eigenvalue weighted by atomic mass is 10.1. The zero-order chi connectivity index (χ0) is 16.5. The van der Waals surface area contributed by atoms with Crippen LogP contribution in [0.25, 0.3) is 0 Å². The van der Waals surface area contributed by atoms with Crippen molar-refractivity contribution in [1.29, 1.82) is 0 Å². The fraction of sp³-hybridized carbons (Fsp3) is 0.611. The Morgan fingerprint density at radius 1 is 1.29 bits per heavy atom. The van der Waals surface area contributed by atoms with Gasteiger partial charge in [0.15, 0.2) is 5.96 Å². The zero-order valence-corrected chi connectivity index (χ0v) is 17.2. The third-order valence-corrected chi connectivity index (χ3v) is 4.36. The van der Waals surface area contributed by atoms with Gasteiger partial charge in [-0.15, -0.1) is 24.0 Å². The maximum atomic E-state index is 5.98. The summed E-state index contributed by atoms with van der Waals surface area (Å²) < 4.78 is 5.58. The van der Waals surface area contributed by atoms with E-state index in [1.54, 1.807) is 0 Å². The van der Waals surface area contributed by atoms with Gasteiger partial charge in [-0.2, -0.15) is 0 Å². The van der Waals surface area contributed by atoms with E-state index in [0.717, 1.165) is 45.6 Å². The fourth-order valence-corrected chi connectivity index (χ4v) is 2.80. The molecule has 0 radical (unpaired) electrons. The maximum Gasteiger partial charge on any atom is 0.189 e. The minimum absolute atomic E-state index is 0. The van der Waals surface area contributed by atoms with Gasteiger partial charge in [0.25, 0.3) is 0 Å². The van der Waals surface area contributed by atoms with Gasteiger partial charge in [0.1, 0.15) is 0 Å². The minimum atomic E-state index is 0. The van der Waals surface area contributed by atoms with Crippen LogP contribution in [-0.4, -0.2) is 43.2 Å². The number of nitrogens with one attached hydrogen (secondary N) is 1. The van der Waals surface area contributed by atoms with Crippen LogP contribution in [0.1, 0.15) is 37.8 Å². The molecule has 0 saturated carbocycles. The molecule has 0 spiro atoms. The first-order valence-corrected chi connectivity index (χ1v) is 8.67. The number of nitrogens with zero attached hydrogens (tertiary/aromatic N) is 2. The number of benzene rings is 1. The second-order valence-corrected chi connectivity index (χ2v) is 5.95. The highest BCUT2D eigenvalue weighted by Gasteiger charge is 2.15. The molecule has 1 aliphatic rings. The molecule has 24 heavy (non-hydrogen) atoms. The third kappa shape index (κ3) is 6.94. The molecule has 0 bridgehead atoms. The van der Waals surface area contributed by atoms with Gasteiger partial charge < -0.3 is 15.8 Å². The first kappa shape index (κ1) is 21.2. The summed E-state index contributed by atoms with van der Waals surface area (Å²) in [6, 6.07) is 8.46. The van der Waals surface area contributed by atoms with Crippen LogP contribution in [0.2, 0.25) is 0 Å². The molecule has 2 rings (SSSR count). The molecular formula is C18H31IN4O. The van der Waals surface area contributed by atoms with Gasteiger partial charge in [-0.05, 0) is 37.1 Å². The molecule has 136 valence electrons. The Labute approximate surface area is 163 Å². The molecular weight excluding hydrogens is 415 g/mol. The second kappa shape index (κ2) is 11.7.